The van der Waals surface area contributed by atoms with Crippen LogP contribution in [0, 0.1) is 50.4 Å². The molecule has 8 nitrogen and oxygen atoms in total. The summed E-state index contributed by atoms with van der Waals surface area (Å²) in [7, 11) is 0. The van der Waals surface area contributed by atoms with Gasteiger partial charge in [-0.05, 0) is 77.7 Å². The molecule has 6 unspecified atom stereocenters. The van der Waals surface area contributed by atoms with E-state index in [2.05, 4.69) is 22.6 Å². The van der Waals surface area contributed by atoms with E-state index >= 15 is 8.78 Å². The average Bonchev–Trinajstić information content (AvgIpc) is 3.67. The summed E-state index contributed by atoms with van der Waals surface area (Å²) in [4.78, 5) is 51.4. The predicted octanol–water partition coefficient (Wildman–Crippen LogP) is 5.84. The topological polar surface area (TPSA) is 108 Å². The van der Waals surface area contributed by atoms with Crippen molar-refractivity contribution < 1.29 is 50.7 Å². The van der Waals surface area contributed by atoms with Gasteiger partial charge in [-0.1, -0.05) is 11.6 Å². The highest BCUT2D eigenvalue weighted by Crippen LogP contribution is 2.66. The fourth-order valence-corrected chi connectivity index (χ4v) is 8.63. The maximum atomic E-state index is 15.1. The fourth-order valence-electron chi connectivity index (χ4n) is 7.36. The highest BCUT2D eigenvalue weighted by molar-refractivity contribution is 14.1. The summed E-state index contributed by atoms with van der Waals surface area (Å²) in [5, 5.41) is 9.68. The summed E-state index contributed by atoms with van der Waals surface area (Å²) >= 11 is 16.1. The molecule has 2 aliphatic carbocycles. The van der Waals surface area contributed by atoms with E-state index in [1.54, 1.807) is 30.3 Å². The largest absolute Gasteiger partial charge is 0.463 e. The van der Waals surface area contributed by atoms with Crippen molar-refractivity contribution in [3.05, 3.63) is 92.2 Å². The third kappa shape index (κ3) is 4.13. The second kappa shape index (κ2) is 10.8. The number of allylic oxidation sites excluding steroid dienone is 2. The van der Waals surface area contributed by atoms with Gasteiger partial charge in [-0.15, -0.1) is 23.2 Å². The highest BCUT2D eigenvalue weighted by Gasteiger charge is 2.77. The molecule has 0 radical (unpaired) electrons. The molecule has 47 heavy (non-hydrogen) atoms. The van der Waals surface area contributed by atoms with Crippen LogP contribution in [-0.4, -0.2) is 38.5 Å². The van der Waals surface area contributed by atoms with Crippen molar-refractivity contribution in [2.45, 2.75) is 35.1 Å². The number of carbonyl (C=O) groups is 4. The molecule has 3 aromatic rings. The highest BCUT2D eigenvalue weighted by atomic mass is 127. The van der Waals surface area contributed by atoms with E-state index in [9.17, 15) is 37.5 Å². The average molecular weight is 807 g/mol. The van der Waals surface area contributed by atoms with Crippen LogP contribution in [-0.2, 0) is 25.8 Å². The number of hydrogen-bond donors (Lipinski definition) is 1. The number of rotatable bonds is 4. The minimum atomic E-state index is -2.70. The van der Waals surface area contributed by atoms with Gasteiger partial charge < -0.3 is 9.52 Å². The van der Waals surface area contributed by atoms with E-state index in [0.717, 1.165) is 8.47 Å². The molecule has 244 valence electrons. The van der Waals surface area contributed by atoms with Crippen molar-refractivity contribution in [1.82, 2.24) is 0 Å². The Morgan fingerprint density at radius 3 is 2.04 bits per heavy atom. The van der Waals surface area contributed by atoms with Crippen LogP contribution in [0.4, 0.5) is 33.3 Å². The van der Waals surface area contributed by atoms with Gasteiger partial charge in [0.05, 0.1) is 23.4 Å². The first-order chi connectivity index (χ1) is 22.2. The summed E-state index contributed by atoms with van der Waals surface area (Å²) in [6.45, 7) is -0.608. The molecule has 3 fully saturated rings. The lowest BCUT2D eigenvalue weighted by molar-refractivity contribution is -0.125. The van der Waals surface area contributed by atoms with Crippen molar-refractivity contribution in [2.75, 3.05) is 9.80 Å². The Bertz CT molecular complexity index is 1940. The summed E-state index contributed by atoms with van der Waals surface area (Å²) in [6.07, 6.45) is 0.905. The maximum absolute atomic E-state index is 15.1. The summed E-state index contributed by atoms with van der Waals surface area (Å²) in [5.41, 5.74) is -1.34. The van der Waals surface area contributed by atoms with Gasteiger partial charge in [-0.2, -0.15) is 0 Å². The molecule has 7 rings (SSSR count). The van der Waals surface area contributed by atoms with Gasteiger partial charge in [-0.25, -0.2) is 26.9 Å². The Morgan fingerprint density at radius 2 is 1.45 bits per heavy atom. The number of furan rings is 1. The first-order valence-corrected chi connectivity index (χ1v) is 15.8. The molecule has 0 spiro atoms. The maximum Gasteiger partial charge on any atom is 0.258 e. The van der Waals surface area contributed by atoms with Crippen LogP contribution in [0.3, 0.4) is 0 Å². The van der Waals surface area contributed by atoms with Crippen molar-refractivity contribution >= 4 is 80.8 Å². The smallest absolute Gasteiger partial charge is 0.258 e. The normalized spacial score (nSPS) is 30.1. The molecule has 6 atom stereocenters. The van der Waals surface area contributed by atoms with E-state index in [4.69, 9.17) is 27.6 Å². The third-order valence-corrected chi connectivity index (χ3v) is 11.6. The van der Waals surface area contributed by atoms with Crippen LogP contribution in [0.25, 0.3) is 0 Å². The van der Waals surface area contributed by atoms with Gasteiger partial charge >= 0.3 is 0 Å². The number of alkyl halides is 2. The molecule has 2 aliphatic heterocycles. The van der Waals surface area contributed by atoms with Crippen LogP contribution in [0.15, 0.2) is 52.5 Å². The zero-order chi connectivity index (χ0) is 33.9. The molecule has 3 heterocycles. The monoisotopic (exact) mass is 806 g/mol. The van der Waals surface area contributed by atoms with Crippen molar-refractivity contribution in [2.24, 2.45) is 17.8 Å². The standard InChI is InChI=1S/C31H18Cl2F5IN2O6/c32-30-9-16-14(6-7-15-18(16)27(44)40(26(15)43)12-3-1-11(39)2-4-12)19(17-8-5-13(10-42)47-17)31(30,33)29(46)41(28(30)45)25-23(37)21(35)20(34)22(36)24(25)38/h1-6,8,15-16,18-19,42H,7,9-10H2. The quantitative estimate of drug-likeness (QED) is 0.0676. The molecule has 1 saturated carbocycles. The first-order valence-electron chi connectivity index (χ1n) is 14.0. The van der Waals surface area contributed by atoms with E-state index in [1.807, 2.05) is 0 Å². The number of benzene rings is 2. The number of halogens is 8. The van der Waals surface area contributed by atoms with Crippen LogP contribution in [0.2, 0.25) is 0 Å². The molecule has 1 aromatic heterocycles. The number of imide groups is 2. The summed E-state index contributed by atoms with van der Waals surface area (Å²) < 4.78 is 79.3. The molecular weight excluding hydrogens is 789 g/mol. The number of anilines is 2. The summed E-state index contributed by atoms with van der Waals surface area (Å²) in [6, 6.07) is 9.19. The van der Waals surface area contributed by atoms with Crippen molar-refractivity contribution in [3.8, 4) is 0 Å². The van der Waals surface area contributed by atoms with Crippen LogP contribution in [0.5, 0.6) is 0 Å². The zero-order valence-electron chi connectivity index (χ0n) is 23.4. The zero-order valence-corrected chi connectivity index (χ0v) is 27.0. The second-order valence-corrected chi connectivity index (χ2v) is 14.1. The van der Waals surface area contributed by atoms with Gasteiger partial charge in [0, 0.05) is 3.57 Å². The molecule has 4 amide bonds. The number of amides is 4. The second-order valence-electron chi connectivity index (χ2n) is 11.6. The molecular formula is C31H18Cl2F5IN2O6. The number of nitrogens with zero attached hydrogens (tertiary/aromatic N) is 2. The van der Waals surface area contributed by atoms with Gasteiger partial charge in [-0.3, -0.25) is 24.1 Å². The Morgan fingerprint density at radius 1 is 0.830 bits per heavy atom. The Hall–Kier alpha value is -3.34. The van der Waals surface area contributed by atoms with Gasteiger partial charge in [0.2, 0.25) is 17.6 Å². The lowest BCUT2D eigenvalue weighted by atomic mass is 9.57. The van der Waals surface area contributed by atoms with Crippen LogP contribution >= 0.6 is 45.8 Å². The summed E-state index contributed by atoms with van der Waals surface area (Å²) in [5.74, 6) is -21.5. The molecule has 1 N–H and O–H groups in total. The number of hydrogen-bond acceptors (Lipinski definition) is 6. The lowest BCUT2D eigenvalue weighted by Gasteiger charge is -2.49. The minimum Gasteiger partial charge on any atom is -0.463 e. The van der Waals surface area contributed by atoms with E-state index < -0.39 is 105 Å². The molecule has 4 aliphatic rings. The lowest BCUT2D eigenvalue weighted by Crippen LogP contribution is -2.60. The number of carbonyl (C=O) groups excluding carboxylic acids is 4. The number of aliphatic hydroxyl groups excluding tert-OH is 1. The van der Waals surface area contributed by atoms with E-state index in [0.29, 0.717) is 5.69 Å². The number of fused-ring (bicyclic) bond motifs is 4. The Kier molecular flexibility index (Phi) is 7.43. The van der Waals surface area contributed by atoms with Crippen LogP contribution in [0.1, 0.15) is 30.3 Å². The predicted molar refractivity (Wildman–Crippen MR) is 163 cm³/mol. The Labute approximate surface area is 285 Å². The van der Waals surface area contributed by atoms with Gasteiger partial charge in [0.1, 0.15) is 23.8 Å². The van der Waals surface area contributed by atoms with Gasteiger partial charge in [0.25, 0.3) is 11.8 Å². The van der Waals surface area contributed by atoms with Gasteiger partial charge in [0.15, 0.2) is 33.0 Å². The van der Waals surface area contributed by atoms with Crippen LogP contribution < -0.4 is 9.80 Å². The first kappa shape index (κ1) is 32.2. The van der Waals surface area contributed by atoms with E-state index in [-0.39, 0.29) is 28.4 Å². The third-order valence-electron chi connectivity index (χ3n) is 9.43. The molecule has 2 saturated heterocycles. The molecule has 0 bridgehead atoms. The van der Waals surface area contributed by atoms with Crippen molar-refractivity contribution in [3.63, 3.8) is 0 Å². The number of aliphatic hydroxyl groups is 1. The molecule has 16 heteroatoms. The molecule has 2 aromatic carbocycles. The van der Waals surface area contributed by atoms with Crippen molar-refractivity contribution in [1.29, 1.82) is 0 Å². The fraction of sp³-hybridized carbons (Fsp3) is 0.290. The van der Waals surface area contributed by atoms with E-state index in [1.165, 1.54) is 12.1 Å². The minimum absolute atomic E-state index is 0.0118. The Balaban J connectivity index is 1.41. The SMILES string of the molecule is O=C1C2CC=C3C(CC4(Cl)C(=O)N(c5c(F)c(F)c(F)c(F)c5F)C(=O)C4(Cl)C3c3ccc(CO)o3)C2C(=O)N1c1ccc(I)cc1.